The molecule has 1 aromatic rings. The van der Waals surface area contributed by atoms with Crippen molar-refractivity contribution in [3.05, 3.63) is 22.9 Å². The molecule has 2 heterocycles. The van der Waals surface area contributed by atoms with E-state index in [2.05, 4.69) is 20.9 Å². The molecule has 0 unspecified atom stereocenters. The molecular formula is C11H15BrN2O2S. The summed E-state index contributed by atoms with van der Waals surface area (Å²) in [5, 5.41) is 0. The van der Waals surface area contributed by atoms with Crippen molar-refractivity contribution < 1.29 is 8.42 Å². The van der Waals surface area contributed by atoms with E-state index in [4.69, 9.17) is 0 Å². The normalized spacial score (nSPS) is 22.6. The molecule has 0 radical (unpaired) electrons. The van der Waals surface area contributed by atoms with Gasteiger partial charge in [-0.3, -0.25) is 4.98 Å². The molecule has 4 nitrogen and oxygen atoms in total. The van der Waals surface area contributed by atoms with Gasteiger partial charge in [-0.1, -0.05) is 6.42 Å². The van der Waals surface area contributed by atoms with Crippen LogP contribution in [-0.2, 0) is 10.0 Å². The maximum absolute atomic E-state index is 12.4. The van der Waals surface area contributed by atoms with Gasteiger partial charge in [0, 0.05) is 29.5 Å². The second-order valence-corrected chi connectivity index (χ2v) is 7.11. The molecule has 1 atom stereocenters. The fourth-order valence-electron chi connectivity index (χ4n) is 2.10. The van der Waals surface area contributed by atoms with E-state index in [1.165, 1.54) is 6.20 Å². The molecule has 1 aliphatic rings. The van der Waals surface area contributed by atoms with Crippen LogP contribution in [0, 0.1) is 0 Å². The zero-order valence-corrected chi connectivity index (χ0v) is 12.0. The number of halogens is 1. The molecule has 0 amide bonds. The standard InChI is InChI=1S/C11H15BrN2O2S/c1-9-4-2-3-5-14(9)17(15,16)11-6-10(12)7-13-8-11/h6-9H,2-5H2,1H3/t9-/m0/s1. The highest BCUT2D eigenvalue weighted by atomic mass is 79.9. The highest BCUT2D eigenvalue weighted by molar-refractivity contribution is 9.10. The summed E-state index contributed by atoms with van der Waals surface area (Å²) < 4.78 is 27.1. The monoisotopic (exact) mass is 318 g/mol. The summed E-state index contributed by atoms with van der Waals surface area (Å²) in [6.45, 7) is 2.57. The van der Waals surface area contributed by atoms with E-state index in [0.717, 1.165) is 19.3 Å². The lowest BCUT2D eigenvalue weighted by atomic mass is 10.1. The molecular weight excluding hydrogens is 304 g/mol. The molecule has 1 aliphatic heterocycles. The van der Waals surface area contributed by atoms with Gasteiger partial charge in [-0.25, -0.2) is 8.42 Å². The number of sulfonamides is 1. The minimum absolute atomic E-state index is 0.0766. The van der Waals surface area contributed by atoms with Gasteiger partial charge in [0.15, 0.2) is 0 Å². The Morgan fingerprint density at radius 1 is 1.41 bits per heavy atom. The van der Waals surface area contributed by atoms with E-state index < -0.39 is 10.0 Å². The van der Waals surface area contributed by atoms with Crippen LogP contribution in [0.4, 0.5) is 0 Å². The van der Waals surface area contributed by atoms with Gasteiger partial charge >= 0.3 is 0 Å². The van der Waals surface area contributed by atoms with Crippen LogP contribution in [0.25, 0.3) is 0 Å². The van der Waals surface area contributed by atoms with Crippen LogP contribution in [0.1, 0.15) is 26.2 Å². The third-order valence-electron chi connectivity index (χ3n) is 3.03. The van der Waals surface area contributed by atoms with E-state index in [9.17, 15) is 8.42 Å². The smallest absolute Gasteiger partial charge is 0.244 e. The first-order valence-corrected chi connectivity index (χ1v) is 7.87. The van der Waals surface area contributed by atoms with Crippen molar-refractivity contribution in [1.82, 2.24) is 9.29 Å². The molecule has 0 aromatic carbocycles. The Bertz CT molecular complexity index is 504. The van der Waals surface area contributed by atoms with E-state index in [-0.39, 0.29) is 10.9 Å². The predicted octanol–water partition coefficient (Wildman–Crippen LogP) is 2.41. The molecule has 0 spiro atoms. The SMILES string of the molecule is C[C@H]1CCCCN1S(=O)(=O)c1cncc(Br)c1. The van der Waals surface area contributed by atoms with Gasteiger partial charge in [0.1, 0.15) is 4.90 Å². The van der Waals surface area contributed by atoms with Crippen LogP contribution in [0.2, 0.25) is 0 Å². The number of aromatic nitrogens is 1. The zero-order chi connectivity index (χ0) is 12.5. The minimum atomic E-state index is -3.39. The largest absolute Gasteiger partial charge is 0.262 e. The van der Waals surface area contributed by atoms with E-state index in [1.807, 2.05) is 6.92 Å². The number of piperidine rings is 1. The molecule has 94 valence electrons. The Labute approximate surface area is 110 Å². The maximum atomic E-state index is 12.4. The lowest BCUT2D eigenvalue weighted by Crippen LogP contribution is -2.41. The Morgan fingerprint density at radius 3 is 2.82 bits per heavy atom. The number of rotatable bonds is 2. The molecule has 1 aromatic heterocycles. The first-order valence-electron chi connectivity index (χ1n) is 5.64. The summed E-state index contributed by atoms with van der Waals surface area (Å²) in [5.41, 5.74) is 0. The summed E-state index contributed by atoms with van der Waals surface area (Å²) in [5.74, 6) is 0. The highest BCUT2D eigenvalue weighted by Crippen LogP contribution is 2.25. The van der Waals surface area contributed by atoms with Crippen LogP contribution in [0.3, 0.4) is 0 Å². The molecule has 2 rings (SSSR count). The van der Waals surface area contributed by atoms with Crippen molar-refractivity contribution >= 4 is 26.0 Å². The van der Waals surface area contributed by atoms with E-state index in [0.29, 0.717) is 11.0 Å². The van der Waals surface area contributed by atoms with E-state index >= 15 is 0 Å². The van der Waals surface area contributed by atoms with Gasteiger partial charge in [0.2, 0.25) is 10.0 Å². The topological polar surface area (TPSA) is 50.3 Å². The Balaban J connectivity index is 2.35. The molecule has 0 saturated carbocycles. The first kappa shape index (κ1) is 13.0. The second-order valence-electron chi connectivity index (χ2n) is 4.30. The molecule has 0 N–H and O–H groups in total. The minimum Gasteiger partial charge on any atom is -0.262 e. The van der Waals surface area contributed by atoms with Crippen LogP contribution in [0.5, 0.6) is 0 Å². The van der Waals surface area contributed by atoms with Crippen LogP contribution in [0.15, 0.2) is 27.8 Å². The Morgan fingerprint density at radius 2 is 2.18 bits per heavy atom. The number of pyridine rings is 1. The van der Waals surface area contributed by atoms with Gasteiger partial charge in [-0.2, -0.15) is 4.31 Å². The van der Waals surface area contributed by atoms with Crippen LogP contribution < -0.4 is 0 Å². The van der Waals surface area contributed by atoms with Crippen LogP contribution >= 0.6 is 15.9 Å². The third-order valence-corrected chi connectivity index (χ3v) is 5.44. The van der Waals surface area contributed by atoms with Crippen LogP contribution in [-0.4, -0.2) is 30.3 Å². The quantitative estimate of drug-likeness (QED) is 0.841. The average Bonchev–Trinajstić information content (AvgIpc) is 2.29. The first-order chi connectivity index (χ1) is 8.01. The summed E-state index contributed by atoms with van der Waals surface area (Å²) in [7, 11) is -3.39. The summed E-state index contributed by atoms with van der Waals surface area (Å²) in [6, 6.07) is 1.68. The molecule has 0 bridgehead atoms. The van der Waals surface area contributed by atoms with Gasteiger partial charge in [0.25, 0.3) is 0 Å². The third kappa shape index (κ3) is 2.69. The maximum Gasteiger partial charge on any atom is 0.244 e. The molecule has 0 aliphatic carbocycles. The lowest BCUT2D eigenvalue weighted by molar-refractivity contribution is 0.268. The lowest BCUT2D eigenvalue weighted by Gasteiger charge is -2.32. The van der Waals surface area contributed by atoms with Gasteiger partial charge < -0.3 is 0 Å². The number of hydrogen-bond donors (Lipinski definition) is 0. The number of nitrogens with zero attached hydrogens (tertiary/aromatic N) is 2. The Kier molecular flexibility index (Phi) is 3.85. The molecule has 6 heteroatoms. The summed E-state index contributed by atoms with van der Waals surface area (Å²) in [4.78, 5) is 4.18. The summed E-state index contributed by atoms with van der Waals surface area (Å²) >= 11 is 3.25. The van der Waals surface area contributed by atoms with Gasteiger partial charge in [0.05, 0.1) is 0 Å². The molecule has 1 fully saturated rings. The zero-order valence-electron chi connectivity index (χ0n) is 9.63. The van der Waals surface area contributed by atoms with Gasteiger partial charge in [-0.05, 0) is 41.8 Å². The average molecular weight is 319 g/mol. The highest BCUT2D eigenvalue weighted by Gasteiger charge is 2.31. The fourth-order valence-corrected chi connectivity index (χ4v) is 4.30. The number of hydrogen-bond acceptors (Lipinski definition) is 3. The Hall–Kier alpha value is -0.460. The second kappa shape index (κ2) is 5.04. The van der Waals surface area contributed by atoms with Crippen molar-refractivity contribution in [1.29, 1.82) is 0 Å². The van der Waals surface area contributed by atoms with Crippen molar-refractivity contribution in [3.8, 4) is 0 Å². The van der Waals surface area contributed by atoms with Crippen molar-refractivity contribution in [2.24, 2.45) is 0 Å². The summed E-state index contributed by atoms with van der Waals surface area (Å²) in [6.07, 6.45) is 5.95. The molecule has 17 heavy (non-hydrogen) atoms. The predicted molar refractivity (Wildman–Crippen MR) is 69.1 cm³/mol. The van der Waals surface area contributed by atoms with Crippen molar-refractivity contribution in [3.63, 3.8) is 0 Å². The van der Waals surface area contributed by atoms with Crippen molar-refractivity contribution in [2.75, 3.05) is 6.54 Å². The molecule has 1 saturated heterocycles. The van der Waals surface area contributed by atoms with E-state index in [1.54, 1.807) is 16.6 Å². The van der Waals surface area contributed by atoms with Crippen molar-refractivity contribution in [2.45, 2.75) is 37.1 Å². The van der Waals surface area contributed by atoms with Gasteiger partial charge in [-0.15, -0.1) is 0 Å². The fraction of sp³-hybridized carbons (Fsp3) is 0.545.